The van der Waals surface area contributed by atoms with Crippen LogP contribution in [0.2, 0.25) is 0 Å². The molecule has 1 saturated carbocycles. The van der Waals surface area contributed by atoms with Crippen LogP contribution in [0, 0.1) is 6.92 Å². The van der Waals surface area contributed by atoms with Crippen LogP contribution in [0.15, 0.2) is 16.5 Å². The molecule has 1 aliphatic rings. The molecular formula is C18H26N2O2. The number of hydrogen-bond acceptors (Lipinski definition) is 4. The van der Waals surface area contributed by atoms with Gasteiger partial charge in [-0.25, -0.2) is 4.98 Å². The highest BCUT2D eigenvalue weighted by atomic mass is 16.3. The number of aryl methyl sites for hydroxylation is 1. The minimum Gasteiger partial charge on any atom is -0.440 e. The lowest BCUT2D eigenvalue weighted by atomic mass is 10.1. The molecular weight excluding hydrogens is 276 g/mol. The summed E-state index contributed by atoms with van der Waals surface area (Å²) in [5, 5.41) is 10.1. The first kappa shape index (κ1) is 15.5. The Morgan fingerprint density at radius 2 is 2.14 bits per heavy atom. The van der Waals surface area contributed by atoms with Crippen LogP contribution in [0.1, 0.15) is 56.0 Å². The molecule has 3 rings (SSSR count). The normalized spacial score (nSPS) is 22.3. The van der Waals surface area contributed by atoms with E-state index in [2.05, 4.69) is 49.8 Å². The van der Waals surface area contributed by atoms with Crippen LogP contribution in [0.3, 0.4) is 0 Å². The van der Waals surface area contributed by atoms with Crippen molar-refractivity contribution in [2.75, 3.05) is 7.05 Å². The molecule has 2 aromatic rings. The molecule has 1 N–H and O–H groups in total. The fourth-order valence-electron chi connectivity index (χ4n) is 3.47. The highest BCUT2D eigenvalue weighted by Gasteiger charge is 2.28. The second kappa shape index (κ2) is 6.01. The average molecular weight is 302 g/mol. The van der Waals surface area contributed by atoms with Crippen LogP contribution in [0.4, 0.5) is 0 Å². The number of rotatable bonds is 4. The molecule has 0 amide bonds. The summed E-state index contributed by atoms with van der Waals surface area (Å²) in [7, 11) is 2.10. The molecule has 1 aliphatic carbocycles. The SMILES string of the molecule is Cc1cc(CN(C)[C@H]2CCC[C@@H]2O)cc2nc(C(C)C)oc12. The molecule has 4 heteroatoms. The smallest absolute Gasteiger partial charge is 0.198 e. The van der Waals surface area contributed by atoms with Gasteiger partial charge in [-0.15, -0.1) is 0 Å². The number of aliphatic hydroxyl groups excluding tert-OH is 1. The Kier molecular flexibility index (Phi) is 4.24. The number of benzene rings is 1. The van der Waals surface area contributed by atoms with Crippen molar-refractivity contribution in [2.24, 2.45) is 0 Å². The molecule has 0 spiro atoms. The molecule has 0 aliphatic heterocycles. The maximum absolute atomic E-state index is 10.1. The van der Waals surface area contributed by atoms with Gasteiger partial charge in [0, 0.05) is 18.5 Å². The highest BCUT2D eigenvalue weighted by Crippen LogP contribution is 2.28. The summed E-state index contributed by atoms with van der Waals surface area (Å²) >= 11 is 0. The van der Waals surface area contributed by atoms with Crippen molar-refractivity contribution in [3.05, 3.63) is 29.2 Å². The lowest BCUT2D eigenvalue weighted by Gasteiger charge is -2.27. The van der Waals surface area contributed by atoms with Crippen molar-refractivity contribution < 1.29 is 9.52 Å². The molecule has 120 valence electrons. The van der Waals surface area contributed by atoms with E-state index in [4.69, 9.17) is 4.42 Å². The van der Waals surface area contributed by atoms with Gasteiger partial charge in [-0.2, -0.15) is 0 Å². The standard InChI is InChI=1S/C18H26N2O2/c1-11(2)18-19-14-9-13(8-12(3)17(14)22-18)10-20(4)15-6-5-7-16(15)21/h8-9,11,15-16,21H,5-7,10H2,1-4H3/t15-,16-/m0/s1. The summed E-state index contributed by atoms with van der Waals surface area (Å²) in [6.07, 6.45) is 2.94. The van der Waals surface area contributed by atoms with Gasteiger partial charge in [0.1, 0.15) is 5.52 Å². The number of likely N-dealkylation sites (N-methyl/N-ethyl adjacent to an activating group) is 1. The van der Waals surface area contributed by atoms with Gasteiger partial charge < -0.3 is 9.52 Å². The fourth-order valence-corrected chi connectivity index (χ4v) is 3.47. The Balaban J connectivity index is 1.84. The molecule has 0 bridgehead atoms. The number of hydrogen-bond donors (Lipinski definition) is 1. The third-order valence-corrected chi connectivity index (χ3v) is 4.69. The van der Waals surface area contributed by atoms with Gasteiger partial charge in [0.15, 0.2) is 11.5 Å². The quantitative estimate of drug-likeness (QED) is 0.937. The topological polar surface area (TPSA) is 49.5 Å². The van der Waals surface area contributed by atoms with E-state index in [-0.39, 0.29) is 12.1 Å². The van der Waals surface area contributed by atoms with Crippen LogP contribution in [0.5, 0.6) is 0 Å². The van der Waals surface area contributed by atoms with Crippen LogP contribution >= 0.6 is 0 Å². The molecule has 0 radical (unpaired) electrons. The second-order valence-corrected chi connectivity index (χ2v) is 6.95. The summed E-state index contributed by atoms with van der Waals surface area (Å²) in [5.41, 5.74) is 4.21. The predicted molar refractivity (Wildman–Crippen MR) is 87.9 cm³/mol. The molecule has 22 heavy (non-hydrogen) atoms. The molecule has 1 fully saturated rings. The van der Waals surface area contributed by atoms with E-state index in [0.29, 0.717) is 5.92 Å². The summed E-state index contributed by atoms with van der Waals surface area (Å²) in [5.74, 6) is 1.10. The van der Waals surface area contributed by atoms with Gasteiger partial charge in [-0.3, -0.25) is 4.90 Å². The first-order chi connectivity index (χ1) is 10.5. The van der Waals surface area contributed by atoms with Gasteiger partial charge in [0.25, 0.3) is 0 Å². The Morgan fingerprint density at radius 3 is 2.77 bits per heavy atom. The first-order valence-corrected chi connectivity index (χ1v) is 8.24. The maximum atomic E-state index is 10.1. The first-order valence-electron chi connectivity index (χ1n) is 8.24. The summed E-state index contributed by atoms with van der Waals surface area (Å²) in [6.45, 7) is 7.10. The zero-order valence-electron chi connectivity index (χ0n) is 14.0. The highest BCUT2D eigenvalue weighted by molar-refractivity contribution is 5.77. The minimum absolute atomic E-state index is 0.186. The van der Waals surface area contributed by atoms with E-state index in [0.717, 1.165) is 48.4 Å². The average Bonchev–Trinajstić information content (AvgIpc) is 3.04. The van der Waals surface area contributed by atoms with Crippen LogP contribution < -0.4 is 0 Å². The van der Waals surface area contributed by atoms with E-state index in [9.17, 15) is 5.11 Å². The molecule has 1 aromatic heterocycles. The molecule has 4 nitrogen and oxygen atoms in total. The largest absolute Gasteiger partial charge is 0.440 e. The fraction of sp³-hybridized carbons (Fsp3) is 0.611. The van der Waals surface area contributed by atoms with Crippen molar-refractivity contribution in [2.45, 2.75) is 64.6 Å². The maximum Gasteiger partial charge on any atom is 0.198 e. The Labute approximate surface area is 132 Å². The number of aliphatic hydroxyl groups is 1. The van der Waals surface area contributed by atoms with Gasteiger partial charge >= 0.3 is 0 Å². The molecule has 2 atom stereocenters. The molecule has 0 unspecified atom stereocenters. The van der Waals surface area contributed by atoms with E-state index < -0.39 is 0 Å². The third kappa shape index (κ3) is 2.90. The summed E-state index contributed by atoms with van der Waals surface area (Å²) in [4.78, 5) is 6.88. The van der Waals surface area contributed by atoms with E-state index >= 15 is 0 Å². The number of fused-ring (bicyclic) bond motifs is 1. The van der Waals surface area contributed by atoms with Gasteiger partial charge in [0.2, 0.25) is 0 Å². The van der Waals surface area contributed by atoms with Crippen molar-refractivity contribution in [1.82, 2.24) is 9.88 Å². The molecule has 1 aromatic carbocycles. The Morgan fingerprint density at radius 1 is 1.36 bits per heavy atom. The molecule has 1 heterocycles. The lowest BCUT2D eigenvalue weighted by molar-refractivity contribution is 0.0825. The van der Waals surface area contributed by atoms with E-state index in [1.165, 1.54) is 5.56 Å². The van der Waals surface area contributed by atoms with E-state index in [1.54, 1.807) is 0 Å². The summed E-state index contributed by atoms with van der Waals surface area (Å²) in [6, 6.07) is 4.57. The summed E-state index contributed by atoms with van der Waals surface area (Å²) < 4.78 is 5.87. The van der Waals surface area contributed by atoms with Gasteiger partial charge in [-0.05, 0) is 50.4 Å². The van der Waals surface area contributed by atoms with Crippen LogP contribution in [0.25, 0.3) is 11.1 Å². The third-order valence-electron chi connectivity index (χ3n) is 4.69. The Bertz CT molecular complexity index is 662. The number of aromatic nitrogens is 1. The van der Waals surface area contributed by atoms with Gasteiger partial charge in [0.05, 0.1) is 6.10 Å². The van der Waals surface area contributed by atoms with Crippen molar-refractivity contribution >= 4 is 11.1 Å². The number of oxazole rings is 1. The van der Waals surface area contributed by atoms with Crippen molar-refractivity contribution in [1.29, 1.82) is 0 Å². The Hall–Kier alpha value is -1.39. The monoisotopic (exact) mass is 302 g/mol. The zero-order valence-corrected chi connectivity index (χ0v) is 14.0. The van der Waals surface area contributed by atoms with Gasteiger partial charge in [-0.1, -0.05) is 19.9 Å². The molecule has 0 saturated heterocycles. The van der Waals surface area contributed by atoms with E-state index in [1.807, 2.05) is 0 Å². The lowest BCUT2D eigenvalue weighted by Crippen LogP contribution is -2.36. The van der Waals surface area contributed by atoms with Crippen LogP contribution in [-0.2, 0) is 6.54 Å². The van der Waals surface area contributed by atoms with Crippen molar-refractivity contribution in [3.8, 4) is 0 Å². The zero-order chi connectivity index (χ0) is 15.9. The van der Waals surface area contributed by atoms with Crippen molar-refractivity contribution in [3.63, 3.8) is 0 Å². The second-order valence-electron chi connectivity index (χ2n) is 6.95. The predicted octanol–water partition coefficient (Wildman–Crippen LogP) is 3.60. The van der Waals surface area contributed by atoms with Crippen LogP contribution in [-0.4, -0.2) is 34.2 Å². The number of nitrogens with zero attached hydrogens (tertiary/aromatic N) is 2. The minimum atomic E-state index is -0.186.